The van der Waals surface area contributed by atoms with Gasteiger partial charge in [-0.15, -0.1) is 0 Å². The molecule has 0 radical (unpaired) electrons. The maximum atomic E-state index is 11.9. The molecule has 0 saturated heterocycles. The van der Waals surface area contributed by atoms with E-state index in [2.05, 4.69) is 30.4 Å². The van der Waals surface area contributed by atoms with Crippen LogP contribution in [0.25, 0.3) is 0 Å². The first-order valence-electron chi connectivity index (χ1n) is 8.31. The van der Waals surface area contributed by atoms with Crippen LogP contribution in [0.2, 0.25) is 0 Å². The van der Waals surface area contributed by atoms with Crippen LogP contribution < -0.4 is 0 Å². The number of rotatable bonds is 12. The Morgan fingerprint density at radius 3 is 1.68 bits per heavy atom. The number of H-pyrrole nitrogens is 2. The van der Waals surface area contributed by atoms with Crippen LogP contribution in [0.15, 0.2) is 12.7 Å². The second kappa shape index (κ2) is 11.3. The molecule has 0 aliphatic carbocycles. The van der Waals surface area contributed by atoms with Crippen LogP contribution in [0, 0.1) is 0 Å². The molecular weight excluding hydrogens is 395 g/mol. The molecule has 154 valence electrons. The van der Waals surface area contributed by atoms with Gasteiger partial charge in [-0.25, -0.2) is 9.97 Å². The van der Waals surface area contributed by atoms with Crippen molar-refractivity contribution in [3.05, 3.63) is 24.3 Å². The third kappa shape index (κ3) is 7.55. The van der Waals surface area contributed by atoms with Gasteiger partial charge in [-0.2, -0.15) is 10.2 Å². The highest BCUT2D eigenvalue weighted by molar-refractivity contribution is 7.33. The molecule has 0 fully saturated rings. The smallest absolute Gasteiger partial charge is 0.319 e. The maximum Gasteiger partial charge on any atom is 0.319 e. The quantitative estimate of drug-likeness (QED) is 0.374. The fraction of sp³-hybridized carbons (Fsp3) is 0.571. The van der Waals surface area contributed by atoms with Crippen molar-refractivity contribution in [3.63, 3.8) is 0 Å². The Balaban J connectivity index is 1.72. The molecule has 0 bridgehead atoms. The first kappa shape index (κ1) is 21.7. The molecule has 0 aromatic carbocycles. The zero-order valence-electron chi connectivity index (χ0n) is 15.3. The normalized spacial score (nSPS) is 14.2. The lowest BCUT2D eigenvalue weighted by Crippen LogP contribution is -2.13. The lowest BCUT2D eigenvalue weighted by Gasteiger charge is -2.15. The number of carbonyl (C=O) groups is 2. The second-order valence-corrected chi connectivity index (χ2v) is 6.51. The third-order valence-electron chi connectivity index (χ3n) is 3.26. The molecule has 13 nitrogen and oxygen atoms in total. The molecule has 0 saturated carbocycles. The lowest BCUT2D eigenvalue weighted by atomic mass is 10.2. The molecule has 0 spiro atoms. The molecule has 0 aliphatic heterocycles. The van der Waals surface area contributed by atoms with E-state index in [-0.39, 0.29) is 37.7 Å². The van der Waals surface area contributed by atoms with Crippen LogP contribution in [0.1, 0.15) is 50.5 Å². The number of esters is 2. The van der Waals surface area contributed by atoms with Crippen LogP contribution in [0.3, 0.4) is 0 Å². The monoisotopic (exact) mass is 416 g/mol. The molecule has 2 rings (SSSR count). The Morgan fingerprint density at radius 2 is 1.36 bits per heavy atom. The summed E-state index contributed by atoms with van der Waals surface area (Å²) in [4.78, 5) is 30.2. The number of nitrogens with one attached hydrogen (secondary N) is 2. The van der Waals surface area contributed by atoms with Gasteiger partial charge in [0.2, 0.25) is 0 Å². The lowest BCUT2D eigenvalue weighted by molar-refractivity contribution is -0.148. The fourth-order valence-electron chi connectivity index (χ4n) is 2.17. The summed E-state index contributed by atoms with van der Waals surface area (Å²) in [5.41, 5.74) is 0. The molecular formula is C14H21N6O7P. The number of hydrogen-bond donors (Lipinski definition) is 2. The average Bonchev–Trinajstić information content (AvgIpc) is 3.33. The summed E-state index contributed by atoms with van der Waals surface area (Å²) >= 11 is 0. The van der Waals surface area contributed by atoms with E-state index in [9.17, 15) is 14.2 Å². The summed E-state index contributed by atoms with van der Waals surface area (Å²) in [5, 5.41) is 12.8. The molecule has 2 atom stereocenters. The molecule has 0 amide bonds. The minimum atomic E-state index is -2.80. The van der Waals surface area contributed by atoms with Crippen LogP contribution in [0.5, 0.6) is 0 Å². The van der Waals surface area contributed by atoms with Crippen LogP contribution in [-0.4, -0.2) is 55.5 Å². The molecule has 2 unspecified atom stereocenters. The maximum absolute atomic E-state index is 11.9. The van der Waals surface area contributed by atoms with Crippen LogP contribution in [-0.2, 0) is 32.7 Å². The summed E-state index contributed by atoms with van der Waals surface area (Å²) < 4.78 is 32.3. The SMILES string of the molecule is CC(=O)OC(CCO[PH](=O)OCCC(OC(C)=O)c1nc[nH]n1)c1nc[nH]n1. The largest absolute Gasteiger partial charge is 0.454 e. The van der Waals surface area contributed by atoms with Gasteiger partial charge in [0.25, 0.3) is 0 Å². The fourth-order valence-corrected chi connectivity index (χ4v) is 2.82. The average molecular weight is 416 g/mol. The Labute approximate surface area is 160 Å². The first-order chi connectivity index (χ1) is 13.5. The molecule has 2 aromatic rings. The molecule has 2 heterocycles. The van der Waals surface area contributed by atoms with Crippen molar-refractivity contribution in [1.82, 2.24) is 30.4 Å². The molecule has 14 heteroatoms. The number of carbonyl (C=O) groups excluding carboxylic acids is 2. The number of ether oxygens (including phenoxy) is 2. The van der Waals surface area contributed by atoms with Gasteiger partial charge in [0.05, 0.1) is 13.2 Å². The predicted molar refractivity (Wildman–Crippen MR) is 91.9 cm³/mol. The van der Waals surface area contributed by atoms with Crippen molar-refractivity contribution in [2.24, 2.45) is 0 Å². The van der Waals surface area contributed by atoms with E-state index in [1.807, 2.05) is 0 Å². The minimum Gasteiger partial charge on any atom is -0.454 e. The highest BCUT2D eigenvalue weighted by Gasteiger charge is 2.20. The zero-order chi connectivity index (χ0) is 20.4. The Hall–Kier alpha value is -2.63. The third-order valence-corrected chi connectivity index (χ3v) is 4.14. The number of aromatic amines is 2. The van der Waals surface area contributed by atoms with Crippen molar-refractivity contribution in [2.75, 3.05) is 13.2 Å². The van der Waals surface area contributed by atoms with E-state index in [4.69, 9.17) is 18.5 Å². The zero-order valence-corrected chi connectivity index (χ0v) is 16.3. The second-order valence-electron chi connectivity index (χ2n) is 5.44. The van der Waals surface area contributed by atoms with Gasteiger partial charge in [0.15, 0.2) is 23.9 Å². The van der Waals surface area contributed by atoms with Gasteiger partial charge in [-0.1, -0.05) is 0 Å². The molecule has 2 N–H and O–H groups in total. The van der Waals surface area contributed by atoms with Crippen molar-refractivity contribution in [2.45, 2.75) is 38.9 Å². The standard InChI is InChI=1S/C14H21N6O7P/c1-9(21)26-11(13-15-7-17-19-13)3-5-24-28(23)25-6-4-12(27-10(2)22)14-16-8-18-20-14/h7-8,11-12,28H,3-6H2,1-2H3,(H,15,17,19)(H,16,18,20). The van der Waals surface area contributed by atoms with Gasteiger partial charge in [-0.05, 0) is 0 Å². The summed E-state index contributed by atoms with van der Waals surface area (Å²) in [6, 6.07) is 0. The van der Waals surface area contributed by atoms with Crippen molar-refractivity contribution in [1.29, 1.82) is 0 Å². The van der Waals surface area contributed by atoms with E-state index in [1.54, 1.807) is 0 Å². The Kier molecular flexibility index (Phi) is 8.72. The number of nitrogens with zero attached hydrogens (tertiary/aromatic N) is 4. The highest BCUT2D eigenvalue weighted by atomic mass is 31.1. The van der Waals surface area contributed by atoms with E-state index >= 15 is 0 Å². The van der Waals surface area contributed by atoms with Gasteiger partial charge < -0.3 is 18.5 Å². The van der Waals surface area contributed by atoms with Crippen molar-refractivity contribution < 1.29 is 32.7 Å². The van der Waals surface area contributed by atoms with Crippen LogP contribution in [0.4, 0.5) is 0 Å². The summed E-state index contributed by atoms with van der Waals surface area (Å²) in [7, 11) is -2.80. The van der Waals surface area contributed by atoms with Gasteiger partial charge >= 0.3 is 20.2 Å². The Bertz CT molecular complexity index is 692. The van der Waals surface area contributed by atoms with Gasteiger partial charge in [0, 0.05) is 26.7 Å². The number of aromatic nitrogens is 6. The van der Waals surface area contributed by atoms with Crippen LogP contribution >= 0.6 is 8.25 Å². The summed E-state index contributed by atoms with van der Waals surface area (Å²) in [5.74, 6) is -0.422. The summed E-state index contributed by atoms with van der Waals surface area (Å²) in [6.07, 6.45) is 1.66. The topological polar surface area (TPSA) is 171 Å². The van der Waals surface area contributed by atoms with E-state index in [1.165, 1.54) is 26.5 Å². The minimum absolute atomic E-state index is 0.00141. The molecule has 2 aromatic heterocycles. The van der Waals surface area contributed by atoms with Crippen molar-refractivity contribution in [3.8, 4) is 0 Å². The van der Waals surface area contributed by atoms with E-state index < -0.39 is 32.4 Å². The number of hydrogen-bond acceptors (Lipinski definition) is 11. The van der Waals surface area contributed by atoms with Gasteiger partial charge in [0.1, 0.15) is 12.7 Å². The molecule has 28 heavy (non-hydrogen) atoms. The van der Waals surface area contributed by atoms with Gasteiger partial charge in [-0.3, -0.25) is 24.4 Å². The Morgan fingerprint density at radius 1 is 0.929 bits per heavy atom. The first-order valence-corrected chi connectivity index (χ1v) is 9.53. The summed E-state index contributed by atoms with van der Waals surface area (Å²) in [6.45, 7) is 2.53. The van der Waals surface area contributed by atoms with E-state index in [0.29, 0.717) is 0 Å². The van der Waals surface area contributed by atoms with E-state index in [0.717, 1.165) is 0 Å². The highest BCUT2D eigenvalue weighted by Crippen LogP contribution is 2.28. The molecule has 0 aliphatic rings. The van der Waals surface area contributed by atoms with Crippen molar-refractivity contribution >= 4 is 20.2 Å². The predicted octanol–water partition coefficient (Wildman–Crippen LogP) is 1.03.